The lowest BCUT2D eigenvalue weighted by Gasteiger charge is -2.16. The highest BCUT2D eigenvalue weighted by Crippen LogP contribution is 2.23. The van der Waals surface area contributed by atoms with Crippen LogP contribution in [0.3, 0.4) is 0 Å². The van der Waals surface area contributed by atoms with Crippen molar-refractivity contribution in [1.82, 2.24) is 19.9 Å². The van der Waals surface area contributed by atoms with E-state index in [2.05, 4.69) is 32.1 Å². The van der Waals surface area contributed by atoms with Crippen LogP contribution in [0.5, 0.6) is 0 Å². The van der Waals surface area contributed by atoms with Crippen molar-refractivity contribution in [3.8, 4) is 11.8 Å². The van der Waals surface area contributed by atoms with Gasteiger partial charge < -0.3 is 30.9 Å². The maximum Gasteiger partial charge on any atom is 0.238 e. The highest BCUT2D eigenvalue weighted by Gasteiger charge is 2.25. The summed E-state index contributed by atoms with van der Waals surface area (Å²) >= 11 is 0. The molecule has 9 heteroatoms. The molecule has 0 aliphatic rings. The predicted octanol–water partition coefficient (Wildman–Crippen LogP) is 1.98. The van der Waals surface area contributed by atoms with Crippen molar-refractivity contribution in [2.24, 2.45) is 0 Å². The van der Waals surface area contributed by atoms with E-state index < -0.39 is 5.60 Å². The van der Waals surface area contributed by atoms with Gasteiger partial charge in [-0.25, -0.2) is 9.97 Å². The van der Waals surface area contributed by atoms with Crippen molar-refractivity contribution in [3.63, 3.8) is 0 Å². The Hall–Kier alpha value is -3.74. The molecule has 0 fully saturated rings. The molecule has 0 aliphatic carbocycles. The molecule has 1 aromatic carbocycles. The van der Waals surface area contributed by atoms with Crippen molar-refractivity contribution in [2.75, 3.05) is 31.7 Å². The number of hydrogen-bond acceptors (Lipinski definition) is 9. The molecule has 1 atom stereocenters. The minimum atomic E-state index is -1.53. The fourth-order valence-electron chi connectivity index (χ4n) is 2.68. The van der Waals surface area contributed by atoms with E-state index >= 15 is 0 Å². The van der Waals surface area contributed by atoms with E-state index in [4.69, 9.17) is 15.6 Å². The van der Waals surface area contributed by atoms with Gasteiger partial charge in [-0.3, -0.25) is 0 Å². The van der Waals surface area contributed by atoms with Crippen molar-refractivity contribution in [1.29, 1.82) is 5.41 Å². The van der Waals surface area contributed by atoms with E-state index in [-0.39, 0.29) is 11.8 Å². The van der Waals surface area contributed by atoms with E-state index in [0.29, 0.717) is 34.9 Å². The molecule has 3 rings (SSSR count). The lowest BCUT2D eigenvalue weighted by molar-refractivity contribution is 0.0893. The zero-order valence-corrected chi connectivity index (χ0v) is 17.0. The number of aromatic nitrogens is 3. The maximum atomic E-state index is 10.5. The second kappa shape index (κ2) is 8.73. The predicted molar refractivity (Wildman–Crippen MR) is 115 cm³/mol. The summed E-state index contributed by atoms with van der Waals surface area (Å²) < 4.78 is 5.15. The number of oxazole rings is 1. The zero-order valence-electron chi connectivity index (χ0n) is 17.0. The molecule has 5 N–H and O–H groups in total. The number of nitrogens with one attached hydrogen (secondary N) is 2. The summed E-state index contributed by atoms with van der Waals surface area (Å²) in [6.45, 7) is 1.97. The van der Waals surface area contributed by atoms with Crippen LogP contribution in [-0.4, -0.2) is 51.3 Å². The fraction of sp³-hybridized carbons (Fsp3) is 0.238. The molecule has 0 bridgehead atoms. The highest BCUT2D eigenvalue weighted by atomic mass is 16.4. The first-order valence-corrected chi connectivity index (χ1v) is 9.12. The van der Waals surface area contributed by atoms with Crippen molar-refractivity contribution in [2.45, 2.75) is 12.5 Å². The Morgan fingerprint density at radius 2 is 2.10 bits per heavy atom. The first kappa shape index (κ1) is 21.0. The molecule has 9 nitrogen and oxygen atoms in total. The monoisotopic (exact) mass is 405 g/mol. The summed E-state index contributed by atoms with van der Waals surface area (Å²) in [4.78, 5) is 13.9. The standard InChI is InChI=1S/C21H23N7O2/c1-21(29,19-24-10-11-30-19)8-6-14-4-5-15(16(22)13-28(2)3)17(12-14)26-18-7-9-25-20(23)27-18/h4-5,7,9-12,22,29H,13H2,1-3H3,(H3,23,25,26,27). The van der Waals surface area contributed by atoms with Crippen LogP contribution in [0, 0.1) is 17.3 Å². The molecular weight excluding hydrogens is 382 g/mol. The third-order valence-corrected chi connectivity index (χ3v) is 4.05. The molecule has 30 heavy (non-hydrogen) atoms. The van der Waals surface area contributed by atoms with Gasteiger partial charge in [0.1, 0.15) is 12.1 Å². The summed E-state index contributed by atoms with van der Waals surface area (Å²) in [5.74, 6) is 6.47. The molecule has 0 radical (unpaired) electrons. The Balaban J connectivity index is 1.97. The SMILES string of the molecule is CN(C)CC(=N)c1ccc(C#CC(C)(O)c2ncco2)cc1Nc1ccnc(N)n1. The highest BCUT2D eigenvalue weighted by molar-refractivity contribution is 6.05. The van der Waals surface area contributed by atoms with Gasteiger partial charge in [-0.05, 0) is 45.3 Å². The fourth-order valence-corrected chi connectivity index (χ4v) is 2.68. The van der Waals surface area contributed by atoms with E-state index in [1.165, 1.54) is 19.4 Å². The van der Waals surface area contributed by atoms with Crippen molar-refractivity contribution in [3.05, 3.63) is 59.9 Å². The largest absolute Gasteiger partial charge is 0.445 e. The summed E-state index contributed by atoms with van der Waals surface area (Å²) in [6, 6.07) is 7.07. The Morgan fingerprint density at radius 1 is 1.30 bits per heavy atom. The molecule has 0 amide bonds. The minimum Gasteiger partial charge on any atom is -0.445 e. The van der Waals surface area contributed by atoms with Crippen LogP contribution in [0.1, 0.15) is 23.9 Å². The van der Waals surface area contributed by atoms with Crippen LogP contribution in [0.15, 0.2) is 47.3 Å². The second-order valence-electron chi connectivity index (χ2n) is 7.06. The number of nitrogens with two attached hydrogens (primary N) is 1. The van der Waals surface area contributed by atoms with Crippen molar-refractivity contribution < 1.29 is 9.52 Å². The van der Waals surface area contributed by atoms with E-state index in [1.807, 2.05) is 25.1 Å². The summed E-state index contributed by atoms with van der Waals surface area (Å²) in [5.41, 5.74) is 6.54. The first-order chi connectivity index (χ1) is 14.2. The van der Waals surface area contributed by atoms with Crippen LogP contribution in [-0.2, 0) is 5.60 Å². The van der Waals surface area contributed by atoms with Crippen LogP contribution in [0.2, 0.25) is 0 Å². The summed E-state index contributed by atoms with van der Waals surface area (Å²) in [5, 5.41) is 22.1. The molecule has 2 heterocycles. The number of nitrogen functional groups attached to an aromatic ring is 1. The third kappa shape index (κ3) is 5.20. The number of likely N-dealkylation sites (N-methyl/N-ethyl adjacent to an activating group) is 1. The molecule has 0 aliphatic heterocycles. The van der Waals surface area contributed by atoms with Crippen LogP contribution in [0.25, 0.3) is 0 Å². The van der Waals surface area contributed by atoms with Gasteiger partial charge in [-0.2, -0.15) is 4.98 Å². The van der Waals surface area contributed by atoms with Gasteiger partial charge >= 0.3 is 0 Å². The van der Waals surface area contributed by atoms with E-state index in [1.54, 1.807) is 24.4 Å². The van der Waals surface area contributed by atoms with Gasteiger partial charge in [0.2, 0.25) is 11.8 Å². The molecule has 0 saturated heterocycles. The van der Waals surface area contributed by atoms with E-state index in [9.17, 15) is 5.11 Å². The van der Waals surface area contributed by atoms with Gasteiger partial charge in [-0.1, -0.05) is 11.8 Å². The average molecular weight is 405 g/mol. The normalized spacial score (nSPS) is 12.7. The van der Waals surface area contributed by atoms with Gasteiger partial charge in [-0.15, -0.1) is 0 Å². The van der Waals surface area contributed by atoms with E-state index in [0.717, 1.165) is 0 Å². The molecule has 2 aromatic heterocycles. The van der Waals surface area contributed by atoms with Gasteiger partial charge in [0.05, 0.1) is 17.6 Å². The molecule has 0 saturated carbocycles. The number of hydrogen-bond donors (Lipinski definition) is 4. The Labute approximate surface area is 174 Å². The number of rotatable bonds is 6. The molecule has 3 aromatic rings. The minimum absolute atomic E-state index is 0.120. The Morgan fingerprint density at radius 3 is 2.77 bits per heavy atom. The van der Waals surface area contributed by atoms with Crippen LogP contribution in [0.4, 0.5) is 17.5 Å². The lowest BCUT2D eigenvalue weighted by Crippen LogP contribution is -2.22. The number of benzene rings is 1. The number of anilines is 3. The summed E-state index contributed by atoms with van der Waals surface area (Å²) in [6.07, 6.45) is 4.38. The lowest BCUT2D eigenvalue weighted by atomic mass is 10.0. The maximum absolute atomic E-state index is 10.5. The first-order valence-electron chi connectivity index (χ1n) is 9.12. The quantitative estimate of drug-likeness (QED) is 0.361. The van der Waals surface area contributed by atoms with Gasteiger partial charge in [0.15, 0.2) is 5.60 Å². The third-order valence-electron chi connectivity index (χ3n) is 4.05. The zero-order chi connectivity index (χ0) is 21.7. The molecule has 154 valence electrons. The molecule has 1 unspecified atom stereocenters. The average Bonchev–Trinajstić information content (AvgIpc) is 3.22. The number of aliphatic hydroxyl groups is 1. The number of nitrogens with zero attached hydrogens (tertiary/aromatic N) is 4. The van der Waals surface area contributed by atoms with Crippen molar-refractivity contribution >= 4 is 23.2 Å². The Bertz CT molecular complexity index is 1100. The Kier molecular flexibility index (Phi) is 6.11. The van der Waals surface area contributed by atoms with Gasteiger partial charge in [0, 0.05) is 23.9 Å². The smallest absolute Gasteiger partial charge is 0.238 e. The molecular formula is C21H23N7O2. The summed E-state index contributed by atoms with van der Waals surface area (Å²) in [7, 11) is 3.80. The van der Waals surface area contributed by atoms with Crippen LogP contribution < -0.4 is 11.1 Å². The molecule has 0 spiro atoms. The topological polar surface area (TPSA) is 137 Å². The van der Waals surface area contributed by atoms with Gasteiger partial charge in [0.25, 0.3) is 0 Å². The van der Waals surface area contributed by atoms with Crippen LogP contribution >= 0.6 is 0 Å². The second-order valence-corrected chi connectivity index (χ2v) is 7.06.